The van der Waals surface area contributed by atoms with E-state index in [2.05, 4.69) is 4.74 Å². The van der Waals surface area contributed by atoms with Gasteiger partial charge in [-0.2, -0.15) is 39.5 Å². The number of carbonyl (C=O) groups is 2. The van der Waals surface area contributed by atoms with E-state index in [0.717, 1.165) is 29.7 Å². The first-order valence-electron chi connectivity index (χ1n) is 10.0. The van der Waals surface area contributed by atoms with Crippen LogP contribution in [0.2, 0.25) is 0 Å². The first-order valence-corrected chi connectivity index (χ1v) is 10.0. The van der Waals surface area contributed by atoms with Gasteiger partial charge in [0, 0.05) is 16.8 Å². The number of carbonyl (C=O) groups excluding carboxylic acids is 2. The van der Waals surface area contributed by atoms with Gasteiger partial charge in [0.1, 0.15) is 0 Å². The molecule has 0 saturated carbocycles. The number of esters is 1. The number of aliphatic hydroxyl groups is 1. The molecule has 0 fully saturated rings. The quantitative estimate of drug-likeness (QED) is 0.273. The molecule has 0 spiro atoms. The Morgan fingerprint density at radius 3 is 1.73 bits per heavy atom. The fraction of sp³-hybridized carbons (Fsp3) is 0.364. The maximum absolute atomic E-state index is 14.0. The Morgan fingerprint density at radius 1 is 0.811 bits per heavy atom. The summed E-state index contributed by atoms with van der Waals surface area (Å²) in [5, 5.41) is 12.1. The molecule has 15 heteroatoms. The molecule has 0 saturated heterocycles. The zero-order valence-electron chi connectivity index (χ0n) is 19.1. The predicted octanol–water partition coefficient (Wildman–Crippen LogP) is 4.89. The lowest BCUT2D eigenvalue weighted by Gasteiger charge is -2.39. The van der Waals surface area contributed by atoms with Gasteiger partial charge in [0.25, 0.3) is 11.5 Å². The van der Waals surface area contributed by atoms with Crippen LogP contribution in [0.25, 0.3) is 0 Å². The lowest BCUT2D eigenvalue weighted by molar-refractivity contribution is -0.294. The highest BCUT2D eigenvalue weighted by molar-refractivity contribution is 5.95. The van der Waals surface area contributed by atoms with Gasteiger partial charge in [-0.05, 0) is 37.6 Å². The fourth-order valence-corrected chi connectivity index (χ4v) is 3.20. The minimum absolute atomic E-state index is 0.291. The molecule has 2 aromatic carbocycles. The van der Waals surface area contributed by atoms with Gasteiger partial charge >= 0.3 is 30.2 Å². The second-order valence-corrected chi connectivity index (χ2v) is 7.92. The number of methoxy groups -OCH3 is 1. The molecule has 0 aliphatic carbocycles. The standard InChI is InChI=1S/C22H19F9N2O4/c1-11-4-6-13(7-5-11)16(34)33-19(21(26,27)28,22(29,30)31)32-15-9-8-14(10-12(15)2)18(36,17(35)37-3)20(23,24)25/h4-10,32,36H,1-3H3,(H,33,34). The largest absolute Gasteiger partial charge is 0.466 e. The molecule has 0 aromatic heterocycles. The van der Waals surface area contributed by atoms with E-state index in [4.69, 9.17) is 0 Å². The third-order valence-corrected chi connectivity index (χ3v) is 5.32. The van der Waals surface area contributed by atoms with Gasteiger partial charge in [-0.3, -0.25) is 4.79 Å². The molecule has 0 bridgehead atoms. The zero-order chi connectivity index (χ0) is 28.6. The normalized spacial score (nSPS) is 14.5. The fourth-order valence-electron chi connectivity index (χ4n) is 3.20. The van der Waals surface area contributed by atoms with Gasteiger partial charge in [0.2, 0.25) is 0 Å². The Morgan fingerprint density at radius 2 is 1.32 bits per heavy atom. The number of nitrogens with one attached hydrogen (secondary N) is 2. The molecule has 2 rings (SSSR count). The Bertz CT molecular complexity index is 1140. The average Bonchev–Trinajstić information content (AvgIpc) is 2.76. The lowest BCUT2D eigenvalue weighted by atomic mass is 9.91. The van der Waals surface area contributed by atoms with Crippen molar-refractivity contribution in [3.05, 3.63) is 64.7 Å². The summed E-state index contributed by atoms with van der Waals surface area (Å²) in [5.74, 6) is -3.95. The highest BCUT2D eigenvalue weighted by atomic mass is 19.4. The van der Waals surface area contributed by atoms with Crippen molar-refractivity contribution in [3.63, 3.8) is 0 Å². The molecular weight excluding hydrogens is 527 g/mol. The van der Waals surface area contributed by atoms with Crippen LogP contribution in [0.4, 0.5) is 45.2 Å². The SMILES string of the molecule is COC(=O)C(O)(c1ccc(NC(NC(=O)c2ccc(C)cc2)(C(F)(F)F)C(F)(F)F)c(C)c1)C(F)(F)F. The second kappa shape index (κ2) is 9.76. The van der Waals surface area contributed by atoms with Crippen molar-refractivity contribution in [1.29, 1.82) is 0 Å². The van der Waals surface area contributed by atoms with E-state index in [1.165, 1.54) is 12.1 Å². The van der Waals surface area contributed by atoms with Gasteiger partial charge in [-0.15, -0.1) is 0 Å². The van der Waals surface area contributed by atoms with Crippen molar-refractivity contribution >= 4 is 17.6 Å². The van der Waals surface area contributed by atoms with E-state index in [-0.39, 0.29) is 0 Å². The number of rotatable bonds is 6. The molecule has 204 valence electrons. The third kappa shape index (κ3) is 5.45. The van der Waals surface area contributed by atoms with Crippen molar-refractivity contribution in [2.45, 2.75) is 43.6 Å². The van der Waals surface area contributed by atoms with Crippen LogP contribution in [-0.4, -0.2) is 48.3 Å². The van der Waals surface area contributed by atoms with Crippen LogP contribution in [-0.2, 0) is 15.1 Å². The molecular formula is C22H19F9N2O4. The van der Waals surface area contributed by atoms with Crippen LogP contribution in [0, 0.1) is 13.8 Å². The molecule has 0 aliphatic heterocycles. The molecule has 1 unspecified atom stereocenters. The molecule has 3 N–H and O–H groups in total. The number of aryl methyl sites for hydroxylation is 2. The van der Waals surface area contributed by atoms with Gasteiger partial charge < -0.3 is 20.5 Å². The van der Waals surface area contributed by atoms with E-state index in [1.54, 1.807) is 6.92 Å². The number of anilines is 1. The Labute approximate surface area is 203 Å². The Hall–Kier alpha value is -3.49. The molecule has 1 amide bonds. The van der Waals surface area contributed by atoms with Crippen molar-refractivity contribution in [2.75, 3.05) is 12.4 Å². The monoisotopic (exact) mass is 546 g/mol. The topological polar surface area (TPSA) is 87.7 Å². The summed E-state index contributed by atoms with van der Waals surface area (Å²) in [4.78, 5) is 24.1. The van der Waals surface area contributed by atoms with Crippen LogP contribution < -0.4 is 10.6 Å². The molecule has 1 atom stereocenters. The average molecular weight is 546 g/mol. The number of ether oxygens (including phenoxy) is 1. The zero-order valence-corrected chi connectivity index (χ0v) is 19.1. The van der Waals surface area contributed by atoms with Crippen LogP contribution >= 0.6 is 0 Å². The summed E-state index contributed by atoms with van der Waals surface area (Å²) in [6.07, 6.45) is -18.1. The molecule has 0 aliphatic rings. The van der Waals surface area contributed by atoms with Crippen molar-refractivity contribution in [1.82, 2.24) is 5.32 Å². The highest BCUT2D eigenvalue weighted by Crippen LogP contribution is 2.45. The third-order valence-electron chi connectivity index (χ3n) is 5.32. The Balaban J connectivity index is 2.63. The minimum Gasteiger partial charge on any atom is -0.466 e. The van der Waals surface area contributed by atoms with Crippen LogP contribution in [0.5, 0.6) is 0 Å². The summed E-state index contributed by atoms with van der Waals surface area (Å²) < 4.78 is 128. The van der Waals surface area contributed by atoms with Gasteiger partial charge in [0.15, 0.2) is 0 Å². The van der Waals surface area contributed by atoms with E-state index >= 15 is 0 Å². The van der Waals surface area contributed by atoms with E-state index in [9.17, 15) is 54.2 Å². The molecule has 37 heavy (non-hydrogen) atoms. The summed E-state index contributed by atoms with van der Waals surface area (Å²) in [6, 6.07) is 5.54. The summed E-state index contributed by atoms with van der Waals surface area (Å²) in [7, 11) is 0.527. The van der Waals surface area contributed by atoms with Gasteiger partial charge in [-0.25, -0.2) is 4.79 Å². The first kappa shape index (κ1) is 29.7. The number of amides is 1. The summed E-state index contributed by atoms with van der Waals surface area (Å²) in [6.45, 7) is 2.38. The summed E-state index contributed by atoms with van der Waals surface area (Å²) >= 11 is 0. The number of benzene rings is 2. The maximum Gasteiger partial charge on any atom is 0.439 e. The van der Waals surface area contributed by atoms with Gasteiger partial charge in [-0.1, -0.05) is 29.8 Å². The second-order valence-electron chi connectivity index (χ2n) is 7.92. The van der Waals surface area contributed by atoms with Crippen molar-refractivity contribution in [3.8, 4) is 0 Å². The van der Waals surface area contributed by atoms with E-state index in [0.29, 0.717) is 30.9 Å². The van der Waals surface area contributed by atoms with Crippen LogP contribution in [0.15, 0.2) is 42.5 Å². The van der Waals surface area contributed by atoms with Crippen LogP contribution in [0.3, 0.4) is 0 Å². The number of alkyl halides is 9. The number of hydrogen-bond acceptors (Lipinski definition) is 5. The minimum atomic E-state index is -6.21. The smallest absolute Gasteiger partial charge is 0.439 e. The van der Waals surface area contributed by atoms with Crippen molar-refractivity contribution < 1.29 is 58.9 Å². The molecule has 2 aromatic rings. The summed E-state index contributed by atoms with van der Waals surface area (Å²) in [5.41, 5.74) is -12.3. The maximum atomic E-state index is 14.0. The highest BCUT2D eigenvalue weighted by Gasteiger charge is 2.73. The van der Waals surface area contributed by atoms with Crippen molar-refractivity contribution in [2.24, 2.45) is 0 Å². The lowest BCUT2D eigenvalue weighted by Crippen LogP contribution is -2.72. The van der Waals surface area contributed by atoms with Crippen LogP contribution in [0.1, 0.15) is 27.0 Å². The molecule has 6 nitrogen and oxygen atoms in total. The predicted molar refractivity (Wildman–Crippen MR) is 110 cm³/mol. The molecule has 0 radical (unpaired) electrons. The van der Waals surface area contributed by atoms with Gasteiger partial charge in [0.05, 0.1) is 7.11 Å². The van der Waals surface area contributed by atoms with E-state index < -0.39 is 64.0 Å². The number of halogens is 9. The first-order chi connectivity index (χ1) is 16.7. The number of hydrogen-bond donors (Lipinski definition) is 3. The Kier molecular flexibility index (Phi) is 7.84. The van der Waals surface area contributed by atoms with E-state index in [1.807, 2.05) is 0 Å². The molecule has 0 heterocycles.